The number of nitrogens with one attached hydrogen (secondary N) is 1. The maximum Gasteiger partial charge on any atom is 0.0348 e. The largest absolute Gasteiger partial charge is 0.313 e. The molecule has 4 fully saturated rings. The molecule has 0 radical (unpaired) electrons. The van der Waals surface area contributed by atoms with Crippen molar-refractivity contribution in [1.29, 1.82) is 0 Å². The lowest BCUT2D eigenvalue weighted by molar-refractivity contribution is -0.0700. The first-order valence-corrected chi connectivity index (χ1v) is 7.54. The van der Waals surface area contributed by atoms with Gasteiger partial charge in [0.2, 0.25) is 0 Å². The highest BCUT2D eigenvalue weighted by Crippen LogP contribution is 2.61. The van der Waals surface area contributed by atoms with Crippen molar-refractivity contribution in [1.82, 2.24) is 5.32 Å². The Balaban J connectivity index is 1.72. The lowest BCUT2D eigenvalue weighted by Gasteiger charge is -2.59. The summed E-state index contributed by atoms with van der Waals surface area (Å²) in [5.41, 5.74) is 0.640. The summed E-state index contributed by atoms with van der Waals surface area (Å²) in [7, 11) is 0. The van der Waals surface area contributed by atoms with Crippen molar-refractivity contribution in [3.05, 3.63) is 0 Å². The van der Waals surface area contributed by atoms with E-state index < -0.39 is 0 Å². The quantitative estimate of drug-likeness (QED) is 0.744. The van der Waals surface area contributed by atoms with E-state index in [1.54, 1.807) is 19.3 Å². The second-order valence-electron chi connectivity index (χ2n) is 6.64. The monoisotopic (exact) mass is 241 g/mol. The summed E-state index contributed by atoms with van der Waals surface area (Å²) >= 11 is 5.79. The van der Waals surface area contributed by atoms with Gasteiger partial charge in [0.25, 0.3) is 0 Å². The maximum atomic E-state index is 5.79. The Bertz CT molecular complexity index is 228. The van der Waals surface area contributed by atoms with E-state index in [-0.39, 0.29) is 0 Å². The van der Waals surface area contributed by atoms with Crippen molar-refractivity contribution in [2.45, 2.75) is 51.5 Å². The van der Waals surface area contributed by atoms with Gasteiger partial charge in [-0.1, -0.05) is 0 Å². The summed E-state index contributed by atoms with van der Waals surface area (Å²) in [6.45, 7) is 3.38. The standard InChI is InChI=1S/C14H24ClN/c1-10(16-3-2-15)14-7-11-4-12(8-14)6-13(5-11)9-14/h10-13,16H,2-9H2,1H3. The molecule has 16 heavy (non-hydrogen) atoms. The molecule has 1 nitrogen and oxygen atoms in total. The Morgan fingerprint density at radius 3 is 2.06 bits per heavy atom. The summed E-state index contributed by atoms with van der Waals surface area (Å²) in [5, 5.41) is 3.66. The Labute approximate surface area is 104 Å². The molecule has 0 aromatic carbocycles. The van der Waals surface area contributed by atoms with Crippen LogP contribution < -0.4 is 5.32 Å². The van der Waals surface area contributed by atoms with Crippen LogP contribution in [0.4, 0.5) is 0 Å². The minimum Gasteiger partial charge on any atom is -0.313 e. The third-order valence-electron chi connectivity index (χ3n) is 5.55. The minimum atomic E-state index is 0.640. The number of halogens is 1. The summed E-state index contributed by atoms with van der Waals surface area (Å²) in [6, 6.07) is 0.680. The Morgan fingerprint density at radius 1 is 1.12 bits per heavy atom. The van der Waals surface area contributed by atoms with Crippen LogP contribution in [-0.2, 0) is 0 Å². The molecule has 0 spiro atoms. The molecule has 4 saturated carbocycles. The molecule has 4 rings (SSSR count). The van der Waals surface area contributed by atoms with Gasteiger partial charge >= 0.3 is 0 Å². The van der Waals surface area contributed by atoms with Crippen LogP contribution in [0.2, 0.25) is 0 Å². The highest BCUT2D eigenvalue weighted by atomic mass is 35.5. The van der Waals surface area contributed by atoms with Crippen molar-refractivity contribution in [3.63, 3.8) is 0 Å². The molecule has 0 heterocycles. The van der Waals surface area contributed by atoms with E-state index in [0.717, 1.165) is 30.2 Å². The molecule has 0 aromatic heterocycles. The summed E-state index contributed by atoms with van der Waals surface area (Å²) in [4.78, 5) is 0. The lowest BCUT2D eigenvalue weighted by atomic mass is 9.48. The molecule has 0 aliphatic heterocycles. The molecule has 4 aliphatic rings. The second-order valence-corrected chi connectivity index (χ2v) is 7.02. The van der Waals surface area contributed by atoms with E-state index in [2.05, 4.69) is 12.2 Å². The average Bonchev–Trinajstić information content (AvgIpc) is 2.24. The zero-order valence-electron chi connectivity index (χ0n) is 10.3. The lowest BCUT2D eigenvalue weighted by Crippen LogP contribution is -2.55. The van der Waals surface area contributed by atoms with Gasteiger partial charge in [0.15, 0.2) is 0 Å². The topological polar surface area (TPSA) is 12.0 Å². The van der Waals surface area contributed by atoms with Gasteiger partial charge in [0.1, 0.15) is 0 Å². The molecule has 2 heteroatoms. The Kier molecular flexibility index (Phi) is 2.96. The molecule has 1 N–H and O–H groups in total. The summed E-state index contributed by atoms with van der Waals surface area (Å²) in [5.74, 6) is 3.93. The van der Waals surface area contributed by atoms with Crippen LogP contribution in [0.15, 0.2) is 0 Å². The number of hydrogen-bond acceptors (Lipinski definition) is 1. The first kappa shape index (κ1) is 11.3. The molecule has 0 amide bonds. The predicted octanol–water partition coefficient (Wildman–Crippen LogP) is 3.42. The van der Waals surface area contributed by atoms with E-state index in [9.17, 15) is 0 Å². The molecular weight excluding hydrogens is 218 g/mol. The minimum absolute atomic E-state index is 0.640. The van der Waals surface area contributed by atoms with Crippen LogP contribution in [0.3, 0.4) is 0 Å². The van der Waals surface area contributed by atoms with Crippen LogP contribution in [0.1, 0.15) is 45.4 Å². The molecule has 1 unspecified atom stereocenters. The smallest absolute Gasteiger partial charge is 0.0348 e. The van der Waals surface area contributed by atoms with Crippen LogP contribution in [0, 0.1) is 23.2 Å². The first-order valence-electron chi connectivity index (χ1n) is 7.01. The molecular formula is C14H24ClN. The normalized spacial score (nSPS) is 47.2. The van der Waals surface area contributed by atoms with E-state index in [1.807, 2.05) is 0 Å². The third kappa shape index (κ3) is 1.80. The first-order chi connectivity index (χ1) is 7.72. The molecule has 0 saturated heterocycles. The highest BCUT2D eigenvalue weighted by molar-refractivity contribution is 6.18. The van der Waals surface area contributed by atoms with Gasteiger partial charge in [-0.2, -0.15) is 0 Å². The van der Waals surface area contributed by atoms with Gasteiger partial charge in [-0.25, -0.2) is 0 Å². The van der Waals surface area contributed by atoms with Gasteiger partial charge in [-0.3, -0.25) is 0 Å². The van der Waals surface area contributed by atoms with Crippen LogP contribution >= 0.6 is 11.6 Å². The fraction of sp³-hybridized carbons (Fsp3) is 1.00. The Morgan fingerprint density at radius 2 is 1.62 bits per heavy atom. The van der Waals surface area contributed by atoms with Crippen molar-refractivity contribution in [3.8, 4) is 0 Å². The van der Waals surface area contributed by atoms with Crippen LogP contribution in [0.25, 0.3) is 0 Å². The number of rotatable bonds is 4. The fourth-order valence-corrected chi connectivity index (χ4v) is 5.30. The van der Waals surface area contributed by atoms with Crippen molar-refractivity contribution >= 4 is 11.6 Å². The van der Waals surface area contributed by atoms with Crippen molar-refractivity contribution in [2.24, 2.45) is 23.2 Å². The predicted molar refractivity (Wildman–Crippen MR) is 68.8 cm³/mol. The number of alkyl halides is 1. The van der Waals surface area contributed by atoms with Gasteiger partial charge in [-0.05, 0) is 68.6 Å². The van der Waals surface area contributed by atoms with Crippen LogP contribution in [0.5, 0.6) is 0 Å². The van der Waals surface area contributed by atoms with Gasteiger partial charge < -0.3 is 5.32 Å². The molecule has 0 aromatic rings. The average molecular weight is 242 g/mol. The molecule has 92 valence electrons. The summed E-state index contributed by atoms with van der Waals surface area (Å²) in [6.07, 6.45) is 9.12. The SMILES string of the molecule is CC(NCCCl)C12CC3CC(CC(C3)C1)C2. The number of hydrogen-bond donors (Lipinski definition) is 1. The molecule has 4 bridgehead atoms. The van der Waals surface area contributed by atoms with E-state index >= 15 is 0 Å². The van der Waals surface area contributed by atoms with Gasteiger partial charge in [-0.15, -0.1) is 11.6 Å². The summed E-state index contributed by atoms with van der Waals surface area (Å²) < 4.78 is 0. The highest BCUT2D eigenvalue weighted by Gasteiger charge is 2.52. The molecule has 4 aliphatic carbocycles. The van der Waals surface area contributed by atoms with E-state index in [4.69, 9.17) is 11.6 Å². The maximum absolute atomic E-state index is 5.79. The van der Waals surface area contributed by atoms with E-state index in [0.29, 0.717) is 11.5 Å². The van der Waals surface area contributed by atoms with Crippen LogP contribution in [-0.4, -0.2) is 18.5 Å². The molecule has 1 atom stereocenters. The van der Waals surface area contributed by atoms with Gasteiger partial charge in [0.05, 0.1) is 0 Å². The van der Waals surface area contributed by atoms with Gasteiger partial charge in [0, 0.05) is 18.5 Å². The van der Waals surface area contributed by atoms with E-state index in [1.165, 1.54) is 19.3 Å². The zero-order chi connectivity index (χ0) is 11.2. The zero-order valence-corrected chi connectivity index (χ0v) is 11.1. The van der Waals surface area contributed by atoms with Crippen molar-refractivity contribution in [2.75, 3.05) is 12.4 Å². The third-order valence-corrected chi connectivity index (χ3v) is 5.74. The Hall–Kier alpha value is 0.250. The van der Waals surface area contributed by atoms with Crippen molar-refractivity contribution < 1.29 is 0 Å². The fourth-order valence-electron chi connectivity index (χ4n) is 5.20. The second kappa shape index (κ2) is 4.17.